The van der Waals surface area contributed by atoms with Crippen LogP contribution in [0.1, 0.15) is 26.2 Å². The Hall–Kier alpha value is -1.36. The summed E-state index contributed by atoms with van der Waals surface area (Å²) >= 11 is 6.09. The summed E-state index contributed by atoms with van der Waals surface area (Å²) in [6.07, 6.45) is 5.80. The molecule has 0 bridgehead atoms. The van der Waals surface area contributed by atoms with Crippen molar-refractivity contribution >= 4 is 23.4 Å². The normalized spacial score (nSPS) is 19.7. The largest absolute Gasteiger partial charge is 0.464 e. The fourth-order valence-corrected chi connectivity index (χ4v) is 2.40. The molecular weight excluding hydrogens is 254 g/mol. The third-order valence-corrected chi connectivity index (χ3v) is 3.25. The van der Waals surface area contributed by atoms with Gasteiger partial charge in [0, 0.05) is 6.54 Å². The zero-order chi connectivity index (χ0) is 13.0. The summed E-state index contributed by atoms with van der Waals surface area (Å²) < 4.78 is 5.11. The molecule has 6 heteroatoms. The van der Waals surface area contributed by atoms with Crippen molar-refractivity contribution in [2.24, 2.45) is 0 Å². The molecule has 0 saturated carbocycles. The standard InChI is InChI=1S/C12H16ClN3O2/c1-2-18-12(17)10-5-3-4-6-16(10)11-9(13)7-14-8-15-11/h7-8,10H,2-6H2,1H3. The molecule has 1 aliphatic heterocycles. The second-order valence-electron chi connectivity index (χ2n) is 4.15. The van der Waals surface area contributed by atoms with E-state index in [2.05, 4.69) is 9.97 Å². The summed E-state index contributed by atoms with van der Waals surface area (Å²) in [5.74, 6) is 0.413. The number of ether oxygens (including phenoxy) is 1. The molecule has 5 nitrogen and oxygen atoms in total. The van der Waals surface area contributed by atoms with Crippen LogP contribution in [-0.4, -0.2) is 35.1 Å². The van der Waals surface area contributed by atoms with E-state index in [-0.39, 0.29) is 12.0 Å². The Balaban J connectivity index is 2.23. The molecule has 1 fully saturated rings. The molecule has 0 N–H and O–H groups in total. The molecule has 98 valence electrons. The summed E-state index contributed by atoms with van der Waals surface area (Å²) in [5, 5.41) is 0.466. The van der Waals surface area contributed by atoms with E-state index in [1.165, 1.54) is 6.33 Å². The maximum Gasteiger partial charge on any atom is 0.328 e. The lowest BCUT2D eigenvalue weighted by Gasteiger charge is -2.35. The first kappa shape index (κ1) is 13.1. The highest BCUT2D eigenvalue weighted by Gasteiger charge is 2.31. The number of nitrogens with zero attached hydrogens (tertiary/aromatic N) is 3. The predicted molar refractivity (Wildman–Crippen MR) is 68.7 cm³/mol. The average molecular weight is 270 g/mol. The van der Waals surface area contributed by atoms with E-state index in [9.17, 15) is 4.79 Å². The van der Waals surface area contributed by atoms with Crippen molar-refractivity contribution in [3.05, 3.63) is 17.5 Å². The number of esters is 1. The van der Waals surface area contributed by atoms with Gasteiger partial charge in [0.15, 0.2) is 5.82 Å². The number of hydrogen-bond donors (Lipinski definition) is 0. The van der Waals surface area contributed by atoms with Crippen molar-refractivity contribution in [3.63, 3.8) is 0 Å². The van der Waals surface area contributed by atoms with Gasteiger partial charge in [-0.1, -0.05) is 11.6 Å². The van der Waals surface area contributed by atoms with E-state index in [1.54, 1.807) is 6.20 Å². The van der Waals surface area contributed by atoms with Crippen molar-refractivity contribution in [2.75, 3.05) is 18.1 Å². The molecule has 1 aliphatic rings. The van der Waals surface area contributed by atoms with Crippen molar-refractivity contribution in [2.45, 2.75) is 32.2 Å². The van der Waals surface area contributed by atoms with Crippen molar-refractivity contribution in [3.8, 4) is 0 Å². The molecule has 1 saturated heterocycles. The third-order valence-electron chi connectivity index (χ3n) is 2.98. The Morgan fingerprint density at radius 1 is 1.61 bits per heavy atom. The van der Waals surface area contributed by atoms with E-state index in [4.69, 9.17) is 16.3 Å². The van der Waals surface area contributed by atoms with Gasteiger partial charge in [0.25, 0.3) is 0 Å². The van der Waals surface area contributed by atoms with Crippen LogP contribution in [0.5, 0.6) is 0 Å². The smallest absolute Gasteiger partial charge is 0.328 e. The highest BCUT2D eigenvalue weighted by molar-refractivity contribution is 6.32. The Kier molecular flexibility index (Phi) is 4.36. The lowest BCUT2D eigenvalue weighted by atomic mass is 10.0. The Labute approximate surface area is 111 Å². The van der Waals surface area contributed by atoms with Crippen molar-refractivity contribution in [1.82, 2.24) is 9.97 Å². The molecule has 0 aliphatic carbocycles. The molecule has 1 aromatic heterocycles. The molecule has 1 unspecified atom stereocenters. The number of piperidine rings is 1. The zero-order valence-electron chi connectivity index (χ0n) is 10.3. The fourth-order valence-electron chi connectivity index (χ4n) is 2.19. The first-order valence-electron chi connectivity index (χ1n) is 6.12. The average Bonchev–Trinajstić information content (AvgIpc) is 2.40. The SMILES string of the molecule is CCOC(=O)C1CCCCN1c1ncncc1Cl. The van der Waals surface area contributed by atoms with Gasteiger partial charge in [-0.3, -0.25) is 0 Å². The molecule has 0 amide bonds. The number of halogens is 1. The molecule has 0 spiro atoms. The van der Waals surface area contributed by atoms with Gasteiger partial charge in [-0.25, -0.2) is 14.8 Å². The van der Waals surface area contributed by atoms with E-state index >= 15 is 0 Å². The van der Waals surface area contributed by atoms with E-state index in [0.717, 1.165) is 25.8 Å². The van der Waals surface area contributed by atoms with Crippen LogP contribution in [0.2, 0.25) is 5.02 Å². The van der Waals surface area contributed by atoms with Crippen LogP contribution in [0.15, 0.2) is 12.5 Å². The van der Waals surface area contributed by atoms with Gasteiger partial charge in [0.2, 0.25) is 0 Å². The van der Waals surface area contributed by atoms with Crippen molar-refractivity contribution in [1.29, 1.82) is 0 Å². The summed E-state index contributed by atoms with van der Waals surface area (Å²) in [6, 6.07) is -0.286. The zero-order valence-corrected chi connectivity index (χ0v) is 11.1. The van der Waals surface area contributed by atoms with Gasteiger partial charge >= 0.3 is 5.97 Å². The summed E-state index contributed by atoms with van der Waals surface area (Å²) in [7, 11) is 0. The first-order chi connectivity index (χ1) is 8.74. The van der Waals surface area contributed by atoms with Crippen LogP contribution in [-0.2, 0) is 9.53 Å². The summed E-state index contributed by atoms with van der Waals surface area (Å²) in [5.41, 5.74) is 0. The first-order valence-corrected chi connectivity index (χ1v) is 6.50. The summed E-state index contributed by atoms with van der Waals surface area (Å²) in [4.78, 5) is 21.9. The highest BCUT2D eigenvalue weighted by atomic mass is 35.5. The van der Waals surface area contributed by atoms with Crippen LogP contribution in [0.4, 0.5) is 5.82 Å². The quantitative estimate of drug-likeness (QED) is 0.786. The molecule has 2 rings (SSSR count). The lowest BCUT2D eigenvalue weighted by Crippen LogP contribution is -2.46. The molecule has 1 aromatic rings. The molecule has 18 heavy (non-hydrogen) atoms. The molecule has 0 aromatic carbocycles. The maximum absolute atomic E-state index is 11.9. The number of carbonyl (C=O) groups excluding carboxylic acids is 1. The van der Waals surface area contributed by atoms with Gasteiger partial charge in [-0.2, -0.15) is 0 Å². The lowest BCUT2D eigenvalue weighted by molar-refractivity contribution is -0.145. The maximum atomic E-state index is 11.9. The van der Waals surface area contributed by atoms with Crippen LogP contribution < -0.4 is 4.90 Å². The number of rotatable bonds is 3. The Morgan fingerprint density at radius 2 is 2.44 bits per heavy atom. The topological polar surface area (TPSA) is 55.3 Å². The number of anilines is 1. The van der Waals surface area contributed by atoms with Crippen LogP contribution in [0, 0.1) is 0 Å². The van der Waals surface area contributed by atoms with Crippen molar-refractivity contribution < 1.29 is 9.53 Å². The molecule has 0 radical (unpaired) electrons. The Bertz CT molecular complexity index is 428. The number of hydrogen-bond acceptors (Lipinski definition) is 5. The number of carbonyl (C=O) groups is 1. The Morgan fingerprint density at radius 3 is 3.17 bits per heavy atom. The van der Waals surface area contributed by atoms with E-state index in [1.807, 2.05) is 11.8 Å². The second kappa shape index (κ2) is 6.00. The molecule has 1 atom stereocenters. The number of aromatic nitrogens is 2. The predicted octanol–water partition coefficient (Wildman–Crippen LogP) is 2.05. The van der Waals surface area contributed by atoms with Gasteiger partial charge in [0.1, 0.15) is 17.4 Å². The monoisotopic (exact) mass is 269 g/mol. The summed E-state index contributed by atoms with van der Waals surface area (Å²) in [6.45, 7) is 2.96. The van der Waals surface area contributed by atoms with Gasteiger partial charge in [0.05, 0.1) is 12.8 Å². The third kappa shape index (κ3) is 2.72. The van der Waals surface area contributed by atoms with Crippen LogP contribution in [0.25, 0.3) is 0 Å². The minimum Gasteiger partial charge on any atom is -0.464 e. The minimum atomic E-state index is -0.286. The molecular formula is C12H16ClN3O2. The van der Waals surface area contributed by atoms with E-state index < -0.39 is 0 Å². The second-order valence-corrected chi connectivity index (χ2v) is 4.56. The van der Waals surface area contributed by atoms with Crippen LogP contribution in [0.3, 0.4) is 0 Å². The van der Waals surface area contributed by atoms with Gasteiger partial charge < -0.3 is 9.64 Å². The fraction of sp³-hybridized carbons (Fsp3) is 0.583. The van der Waals surface area contributed by atoms with Gasteiger partial charge in [-0.15, -0.1) is 0 Å². The highest BCUT2D eigenvalue weighted by Crippen LogP contribution is 2.28. The molecule has 2 heterocycles. The van der Waals surface area contributed by atoms with E-state index in [0.29, 0.717) is 17.4 Å². The van der Waals surface area contributed by atoms with Gasteiger partial charge in [-0.05, 0) is 26.2 Å². The minimum absolute atomic E-state index is 0.202. The van der Waals surface area contributed by atoms with Crippen LogP contribution >= 0.6 is 11.6 Å².